The highest BCUT2D eigenvalue weighted by Crippen LogP contribution is 2.24. The third-order valence-electron chi connectivity index (χ3n) is 4.46. The van der Waals surface area contributed by atoms with Crippen LogP contribution >= 0.6 is 0 Å². The molecule has 1 fully saturated rings. The molecule has 1 aromatic carbocycles. The van der Waals surface area contributed by atoms with Crippen molar-refractivity contribution in [2.24, 2.45) is 0 Å². The number of hydrogen-bond donors (Lipinski definition) is 1. The maximum atomic E-state index is 12.3. The Kier molecular flexibility index (Phi) is 4.86. The Labute approximate surface area is 151 Å². The first-order valence-corrected chi connectivity index (χ1v) is 8.68. The predicted octanol–water partition coefficient (Wildman–Crippen LogP) is 2.57. The van der Waals surface area contributed by atoms with E-state index in [2.05, 4.69) is 32.3 Å². The molecular weight excluding hydrogens is 328 g/mol. The lowest BCUT2D eigenvalue weighted by Gasteiger charge is -2.25. The van der Waals surface area contributed by atoms with E-state index in [0.29, 0.717) is 25.6 Å². The van der Waals surface area contributed by atoms with Crippen LogP contribution in [0.25, 0.3) is 21.9 Å². The van der Waals surface area contributed by atoms with E-state index in [0.717, 1.165) is 35.0 Å². The quantitative estimate of drug-likeness (QED) is 0.785. The van der Waals surface area contributed by atoms with E-state index in [4.69, 9.17) is 4.74 Å². The number of nitrogens with one attached hydrogen (secondary N) is 1. The maximum absolute atomic E-state index is 12.3. The number of morpholine rings is 1. The lowest BCUT2D eigenvalue weighted by atomic mass is 10.0. The number of hydrogen-bond acceptors (Lipinski definition) is 5. The summed E-state index contributed by atoms with van der Waals surface area (Å²) in [4.78, 5) is 22.9. The van der Waals surface area contributed by atoms with Crippen LogP contribution in [0, 0.1) is 0 Å². The Hall–Kier alpha value is -2.83. The van der Waals surface area contributed by atoms with Gasteiger partial charge in [0.15, 0.2) is 0 Å². The predicted molar refractivity (Wildman–Crippen MR) is 101 cm³/mol. The van der Waals surface area contributed by atoms with Crippen LogP contribution in [0.3, 0.4) is 0 Å². The summed E-state index contributed by atoms with van der Waals surface area (Å²) in [6, 6.07) is 12.0. The van der Waals surface area contributed by atoms with E-state index in [1.807, 2.05) is 30.5 Å². The molecular formula is C20H20N4O2. The summed E-state index contributed by atoms with van der Waals surface area (Å²) in [6.07, 6.45) is 5.39. The molecule has 1 amide bonds. The van der Waals surface area contributed by atoms with E-state index in [9.17, 15) is 4.79 Å². The minimum absolute atomic E-state index is 0.0536. The molecule has 0 saturated carbocycles. The number of carbonyl (C=O) groups is 1. The van der Waals surface area contributed by atoms with Crippen molar-refractivity contribution < 1.29 is 9.53 Å². The van der Waals surface area contributed by atoms with Crippen molar-refractivity contribution in [3.63, 3.8) is 0 Å². The van der Waals surface area contributed by atoms with Crippen LogP contribution in [0.5, 0.6) is 0 Å². The van der Waals surface area contributed by atoms with Gasteiger partial charge in [-0.05, 0) is 29.1 Å². The average molecular weight is 348 g/mol. The lowest BCUT2D eigenvalue weighted by Crippen LogP contribution is -2.41. The first-order chi connectivity index (χ1) is 12.8. The van der Waals surface area contributed by atoms with Crippen molar-refractivity contribution in [1.82, 2.24) is 14.9 Å². The molecule has 26 heavy (non-hydrogen) atoms. The highest BCUT2D eigenvalue weighted by Gasteiger charge is 2.14. The van der Waals surface area contributed by atoms with Gasteiger partial charge in [0.2, 0.25) is 5.91 Å². The minimum Gasteiger partial charge on any atom is -0.379 e. The molecule has 3 heterocycles. The van der Waals surface area contributed by atoms with E-state index < -0.39 is 0 Å². The third kappa shape index (κ3) is 3.87. The summed E-state index contributed by atoms with van der Waals surface area (Å²) in [6.45, 7) is 3.29. The molecule has 1 aliphatic heterocycles. The zero-order valence-corrected chi connectivity index (χ0v) is 14.4. The second-order valence-electron chi connectivity index (χ2n) is 6.31. The second kappa shape index (κ2) is 7.59. The van der Waals surface area contributed by atoms with Crippen molar-refractivity contribution in [2.45, 2.75) is 0 Å². The summed E-state index contributed by atoms with van der Waals surface area (Å²) < 4.78 is 5.31. The standard InChI is InChI=1S/C20H20N4O2/c25-20(14-24-6-8-26-9-7-24)23-19-11-18-10-15(3-4-17(18)13-22-19)16-2-1-5-21-12-16/h1-5,10-13H,6-9,14H2,(H,22,23,25). The zero-order chi connectivity index (χ0) is 17.8. The van der Waals surface area contributed by atoms with Crippen molar-refractivity contribution >= 4 is 22.5 Å². The van der Waals surface area contributed by atoms with Crippen LogP contribution < -0.4 is 5.32 Å². The number of amides is 1. The molecule has 0 atom stereocenters. The molecule has 2 aromatic heterocycles. The number of carbonyl (C=O) groups excluding carboxylic acids is 1. The molecule has 0 unspecified atom stereocenters. The van der Waals surface area contributed by atoms with Gasteiger partial charge in [0.25, 0.3) is 0 Å². The van der Waals surface area contributed by atoms with Crippen molar-refractivity contribution in [3.8, 4) is 11.1 Å². The zero-order valence-electron chi connectivity index (χ0n) is 14.4. The maximum Gasteiger partial charge on any atom is 0.239 e. The van der Waals surface area contributed by atoms with Crippen LogP contribution in [0.1, 0.15) is 0 Å². The van der Waals surface area contributed by atoms with E-state index in [-0.39, 0.29) is 5.91 Å². The molecule has 0 bridgehead atoms. The van der Waals surface area contributed by atoms with Crippen LogP contribution in [0.2, 0.25) is 0 Å². The Morgan fingerprint density at radius 3 is 2.77 bits per heavy atom. The average Bonchev–Trinajstić information content (AvgIpc) is 2.69. The fourth-order valence-electron chi connectivity index (χ4n) is 3.07. The normalized spacial score (nSPS) is 15.1. The number of pyridine rings is 2. The monoisotopic (exact) mass is 348 g/mol. The van der Waals surface area contributed by atoms with E-state index in [1.54, 1.807) is 12.4 Å². The van der Waals surface area contributed by atoms with Crippen LogP contribution in [-0.4, -0.2) is 53.6 Å². The van der Waals surface area contributed by atoms with Gasteiger partial charge in [0.1, 0.15) is 5.82 Å². The number of aromatic nitrogens is 2. The summed E-state index contributed by atoms with van der Waals surface area (Å²) in [5.41, 5.74) is 2.14. The second-order valence-corrected chi connectivity index (χ2v) is 6.31. The Morgan fingerprint density at radius 2 is 1.96 bits per heavy atom. The topological polar surface area (TPSA) is 67.3 Å². The molecule has 1 saturated heterocycles. The molecule has 4 rings (SSSR count). The highest BCUT2D eigenvalue weighted by atomic mass is 16.5. The van der Waals surface area contributed by atoms with Crippen LogP contribution in [0.15, 0.2) is 55.0 Å². The molecule has 6 heteroatoms. The smallest absolute Gasteiger partial charge is 0.239 e. The molecule has 1 N–H and O–H groups in total. The third-order valence-corrected chi connectivity index (χ3v) is 4.46. The van der Waals surface area contributed by atoms with E-state index >= 15 is 0 Å². The van der Waals surface area contributed by atoms with Gasteiger partial charge in [0.05, 0.1) is 19.8 Å². The summed E-state index contributed by atoms with van der Waals surface area (Å²) in [5, 5.41) is 4.96. The van der Waals surface area contributed by atoms with Crippen molar-refractivity contribution in [2.75, 3.05) is 38.2 Å². The number of rotatable bonds is 4. The number of anilines is 1. The van der Waals surface area contributed by atoms with Crippen molar-refractivity contribution in [1.29, 1.82) is 0 Å². The molecule has 132 valence electrons. The number of fused-ring (bicyclic) bond motifs is 1. The largest absolute Gasteiger partial charge is 0.379 e. The SMILES string of the molecule is O=C(CN1CCOCC1)Nc1cc2cc(-c3cccnc3)ccc2cn1. The number of ether oxygens (including phenoxy) is 1. The number of benzene rings is 1. The van der Waals surface area contributed by atoms with Gasteiger partial charge in [0, 0.05) is 42.6 Å². The van der Waals surface area contributed by atoms with Gasteiger partial charge < -0.3 is 10.1 Å². The Morgan fingerprint density at radius 1 is 1.08 bits per heavy atom. The van der Waals surface area contributed by atoms with E-state index in [1.165, 1.54) is 0 Å². The number of nitrogens with zero attached hydrogens (tertiary/aromatic N) is 3. The highest BCUT2D eigenvalue weighted by molar-refractivity contribution is 5.94. The molecule has 0 radical (unpaired) electrons. The summed E-state index contributed by atoms with van der Waals surface area (Å²) >= 11 is 0. The molecule has 3 aromatic rings. The summed E-state index contributed by atoms with van der Waals surface area (Å²) in [5.74, 6) is 0.515. The van der Waals surface area contributed by atoms with Gasteiger partial charge in [-0.15, -0.1) is 0 Å². The lowest BCUT2D eigenvalue weighted by molar-refractivity contribution is -0.118. The van der Waals surface area contributed by atoms with Gasteiger partial charge in [-0.3, -0.25) is 14.7 Å². The Bertz CT molecular complexity index is 908. The van der Waals surface area contributed by atoms with Gasteiger partial charge in [-0.2, -0.15) is 0 Å². The molecule has 6 nitrogen and oxygen atoms in total. The molecule has 0 aliphatic carbocycles. The summed E-state index contributed by atoms with van der Waals surface area (Å²) in [7, 11) is 0. The Balaban J connectivity index is 1.51. The minimum atomic E-state index is -0.0536. The fraction of sp³-hybridized carbons (Fsp3) is 0.250. The van der Waals surface area contributed by atoms with Gasteiger partial charge >= 0.3 is 0 Å². The van der Waals surface area contributed by atoms with Gasteiger partial charge in [-0.25, -0.2) is 4.98 Å². The fourth-order valence-corrected chi connectivity index (χ4v) is 3.07. The first kappa shape index (κ1) is 16.6. The van der Waals surface area contributed by atoms with Gasteiger partial charge in [-0.1, -0.05) is 18.2 Å². The first-order valence-electron chi connectivity index (χ1n) is 8.68. The van der Waals surface area contributed by atoms with Crippen LogP contribution in [-0.2, 0) is 9.53 Å². The molecule has 0 spiro atoms. The van der Waals surface area contributed by atoms with Crippen LogP contribution in [0.4, 0.5) is 5.82 Å². The van der Waals surface area contributed by atoms with Crippen molar-refractivity contribution in [3.05, 3.63) is 55.0 Å². The molecule has 1 aliphatic rings.